The molecule has 146 valence electrons. The number of para-hydroxylation sites is 1. The third-order valence-electron chi connectivity index (χ3n) is 3.58. The third kappa shape index (κ3) is 6.69. The lowest BCUT2D eigenvalue weighted by atomic mass is 10.1. The van der Waals surface area contributed by atoms with Gasteiger partial charge in [0.05, 0.1) is 0 Å². The van der Waals surface area contributed by atoms with Crippen LogP contribution in [-0.2, 0) is 22.6 Å². The standard InChI is InChI=1S/C20H25NO6/c1-13-7-5-6-8-17(13)25-12-15-10-9-14(26-15)11-16(18(22)23)21-19(24)27-20(2,3)4/h5-10,16H,11-12H2,1-4H3,(H,21,24)(H,22,23). The summed E-state index contributed by atoms with van der Waals surface area (Å²) in [6.45, 7) is 7.28. The third-order valence-corrected chi connectivity index (χ3v) is 3.58. The van der Waals surface area contributed by atoms with Crippen LogP contribution >= 0.6 is 0 Å². The van der Waals surface area contributed by atoms with Crippen LogP contribution in [0.25, 0.3) is 0 Å². The van der Waals surface area contributed by atoms with Crippen molar-refractivity contribution in [2.24, 2.45) is 0 Å². The number of hydrogen-bond donors (Lipinski definition) is 2. The van der Waals surface area contributed by atoms with Crippen LogP contribution in [0.15, 0.2) is 40.8 Å². The minimum absolute atomic E-state index is 0.00105. The number of nitrogens with one attached hydrogen (secondary N) is 1. The molecule has 2 N–H and O–H groups in total. The summed E-state index contributed by atoms with van der Waals surface area (Å²) >= 11 is 0. The number of carbonyl (C=O) groups is 2. The fraction of sp³-hybridized carbons (Fsp3) is 0.400. The first-order valence-electron chi connectivity index (χ1n) is 8.62. The molecule has 1 aromatic carbocycles. The lowest BCUT2D eigenvalue weighted by molar-refractivity contribution is -0.139. The Morgan fingerprint density at radius 1 is 1.15 bits per heavy atom. The second-order valence-electron chi connectivity index (χ2n) is 7.16. The maximum Gasteiger partial charge on any atom is 0.408 e. The average molecular weight is 375 g/mol. The summed E-state index contributed by atoms with van der Waals surface area (Å²) in [5.74, 6) is 0.580. The van der Waals surface area contributed by atoms with E-state index in [-0.39, 0.29) is 13.0 Å². The normalized spacial score (nSPS) is 12.3. The van der Waals surface area contributed by atoms with Crippen LogP contribution in [0.3, 0.4) is 0 Å². The molecule has 0 aliphatic heterocycles. The van der Waals surface area contributed by atoms with Crippen LogP contribution in [0.2, 0.25) is 0 Å². The van der Waals surface area contributed by atoms with Crippen molar-refractivity contribution in [1.29, 1.82) is 0 Å². The Morgan fingerprint density at radius 2 is 1.81 bits per heavy atom. The first-order valence-corrected chi connectivity index (χ1v) is 8.62. The van der Waals surface area contributed by atoms with E-state index in [2.05, 4.69) is 5.32 Å². The number of aliphatic carboxylic acids is 1. The molecule has 27 heavy (non-hydrogen) atoms. The van der Waals surface area contributed by atoms with Gasteiger partial charge < -0.3 is 24.3 Å². The Hall–Kier alpha value is -2.96. The molecular weight excluding hydrogens is 350 g/mol. The molecule has 0 aliphatic rings. The molecule has 1 heterocycles. The number of carboxylic acids is 1. The highest BCUT2D eigenvalue weighted by molar-refractivity contribution is 5.80. The van der Waals surface area contributed by atoms with Gasteiger partial charge in [0.1, 0.15) is 35.5 Å². The zero-order valence-corrected chi connectivity index (χ0v) is 15.9. The number of furan rings is 1. The van der Waals surface area contributed by atoms with Gasteiger partial charge in [-0.3, -0.25) is 0 Å². The van der Waals surface area contributed by atoms with Crippen molar-refractivity contribution in [2.45, 2.75) is 52.4 Å². The van der Waals surface area contributed by atoms with E-state index in [1.54, 1.807) is 32.9 Å². The minimum Gasteiger partial charge on any atom is -0.485 e. The molecular formula is C20H25NO6. The molecule has 2 aromatic rings. The fourth-order valence-electron chi connectivity index (χ4n) is 2.33. The number of rotatable bonds is 7. The van der Waals surface area contributed by atoms with Crippen LogP contribution in [0.4, 0.5) is 4.79 Å². The van der Waals surface area contributed by atoms with Gasteiger partial charge in [-0.2, -0.15) is 0 Å². The molecule has 7 heteroatoms. The van der Waals surface area contributed by atoms with Gasteiger partial charge >= 0.3 is 12.1 Å². The Balaban J connectivity index is 1.94. The molecule has 0 saturated heterocycles. The van der Waals surface area contributed by atoms with Crippen molar-refractivity contribution >= 4 is 12.1 Å². The summed E-state index contributed by atoms with van der Waals surface area (Å²) in [4.78, 5) is 23.2. The maximum atomic E-state index is 11.8. The Labute approximate surface area is 158 Å². The van der Waals surface area contributed by atoms with Gasteiger partial charge in [0.15, 0.2) is 0 Å². The molecule has 7 nitrogen and oxygen atoms in total. The van der Waals surface area contributed by atoms with Gasteiger partial charge in [-0.1, -0.05) is 18.2 Å². The van der Waals surface area contributed by atoms with Gasteiger partial charge in [0.2, 0.25) is 0 Å². The number of carbonyl (C=O) groups excluding carboxylic acids is 1. The van der Waals surface area contributed by atoms with E-state index in [4.69, 9.17) is 13.9 Å². The quantitative estimate of drug-likeness (QED) is 0.766. The summed E-state index contributed by atoms with van der Waals surface area (Å²) in [6.07, 6.45) is -0.788. The van der Waals surface area contributed by atoms with Crippen LogP contribution in [-0.4, -0.2) is 28.8 Å². The first kappa shape index (κ1) is 20.4. The molecule has 0 spiro atoms. The van der Waals surface area contributed by atoms with Gasteiger partial charge in [0, 0.05) is 6.42 Å². The monoisotopic (exact) mass is 375 g/mol. The van der Waals surface area contributed by atoms with E-state index in [1.165, 1.54) is 0 Å². The number of amides is 1. The first-order chi connectivity index (χ1) is 12.6. The molecule has 2 rings (SSSR count). The zero-order valence-electron chi connectivity index (χ0n) is 15.9. The summed E-state index contributed by atoms with van der Waals surface area (Å²) in [6, 6.07) is 9.86. The Kier molecular flexibility index (Phi) is 6.50. The molecule has 1 aromatic heterocycles. The lowest BCUT2D eigenvalue weighted by Crippen LogP contribution is -2.44. The minimum atomic E-state index is -1.17. The SMILES string of the molecule is Cc1ccccc1OCc1ccc(CC(NC(=O)OC(C)(C)C)C(=O)O)o1. The summed E-state index contributed by atoms with van der Waals surface area (Å²) in [5, 5.41) is 11.7. The number of alkyl carbamates (subject to hydrolysis) is 1. The van der Waals surface area contributed by atoms with Crippen molar-refractivity contribution in [3.8, 4) is 5.75 Å². The summed E-state index contributed by atoms with van der Waals surface area (Å²) in [5.41, 5.74) is 0.300. The maximum absolute atomic E-state index is 11.8. The van der Waals surface area contributed by atoms with Crippen LogP contribution in [0.1, 0.15) is 37.9 Å². The highest BCUT2D eigenvalue weighted by atomic mass is 16.6. The average Bonchev–Trinajstić information content (AvgIpc) is 2.99. The van der Waals surface area contributed by atoms with E-state index in [0.717, 1.165) is 11.3 Å². The fourth-order valence-corrected chi connectivity index (χ4v) is 2.33. The zero-order chi connectivity index (χ0) is 20.0. The number of benzene rings is 1. The molecule has 1 amide bonds. The Bertz CT molecular complexity index is 790. The Morgan fingerprint density at radius 3 is 2.44 bits per heavy atom. The molecule has 1 unspecified atom stereocenters. The predicted octanol–water partition coefficient (Wildman–Crippen LogP) is 3.69. The van der Waals surface area contributed by atoms with Crippen LogP contribution < -0.4 is 10.1 Å². The second kappa shape index (κ2) is 8.62. The number of aryl methyl sites for hydroxylation is 1. The molecule has 0 aliphatic carbocycles. The predicted molar refractivity (Wildman–Crippen MR) is 98.7 cm³/mol. The second-order valence-corrected chi connectivity index (χ2v) is 7.16. The molecule has 0 radical (unpaired) electrons. The van der Waals surface area contributed by atoms with Gasteiger partial charge in [-0.15, -0.1) is 0 Å². The smallest absolute Gasteiger partial charge is 0.408 e. The van der Waals surface area contributed by atoms with Crippen molar-refractivity contribution in [3.05, 3.63) is 53.5 Å². The van der Waals surface area contributed by atoms with E-state index < -0.39 is 23.7 Å². The lowest BCUT2D eigenvalue weighted by Gasteiger charge is -2.21. The van der Waals surface area contributed by atoms with Crippen LogP contribution in [0.5, 0.6) is 5.75 Å². The molecule has 0 saturated carbocycles. The molecule has 0 bridgehead atoms. The van der Waals surface area contributed by atoms with Crippen molar-refractivity contribution < 1.29 is 28.6 Å². The number of carboxylic acid groups (broad SMARTS) is 1. The highest BCUT2D eigenvalue weighted by Gasteiger charge is 2.25. The number of hydrogen-bond acceptors (Lipinski definition) is 5. The summed E-state index contributed by atoms with van der Waals surface area (Å²) < 4.78 is 16.4. The highest BCUT2D eigenvalue weighted by Crippen LogP contribution is 2.19. The van der Waals surface area contributed by atoms with Gasteiger partial charge in [-0.25, -0.2) is 9.59 Å². The van der Waals surface area contributed by atoms with E-state index in [0.29, 0.717) is 11.5 Å². The van der Waals surface area contributed by atoms with E-state index >= 15 is 0 Å². The molecule has 0 fully saturated rings. The van der Waals surface area contributed by atoms with Gasteiger partial charge in [0.25, 0.3) is 0 Å². The summed E-state index contributed by atoms with van der Waals surface area (Å²) in [7, 11) is 0. The number of ether oxygens (including phenoxy) is 2. The molecule has 1 atom stereocenters. The largest absolute Gasteiger partial charge is 0.485 e. The van der Waals surface area contributed by atoms with Gasteiger partial charge in [-0.05, 0) is 51.5 Å². The van der Waals surface area contributed by atoms with E-state index in [1.807, 2.05) is 31.2 Å². The van der Waals surface area contributed by atoms with Crippen molar-refractivity contribution in [3.63, 3.8) is 0 Å². The van der Waals surface area contributed by atoms with E-state index in [9.17, 15) is 14.7 Å². The van der Waals surface area contributed by atoms with Crippen LogP contribution in [0, 0.1) is 6.92 Å². The topological polar surface area (TPSA) is 98.0 Å². The van der Waals surface area contributed by atoms with Crippen molar-refractivity contribution in [1.82, 2.24) is 5.32 Å². The van der Waals surface area contributed by atoms with Crippen molar-refractivity contribution in [2.75, 3.05) is 0 Å².